The first kappa shape index (κ1) is 8.52. The first-order valence-corrected chi connectivity index (χ1v) is 3.62. The first-order valence-electron chi connectivity index (χ1n) is 3.62. The van der Waals surface area contributed by atoms with Crippen molar-refractivity contribution in [3.05, 3.63) is 24.3 Å². The fourth-order valence-corrected chi connectivity index (χ4v) is 0.753. The number of aromatic amines is 1. The maximum absolute atomic E-state index is 11.0. The van der Waals surface area contributed by atoms with Crippen LogP contribution in [-0.4, -0.2) is 22.5 Å². The Morgan fingerprint density at radius 1 is 1.92 bits per heavy atom. The van der Waals surface area contributed by atoms with Gasteiger partial charge in [0.2, 0.25) is 0 Å². The summed E-state index contributed by atoms with van der Waals surface area (Å²) in [5, 5.41) is 0. The predicted molar refractivity (Wildman–Crippen MR) is 44.6 cm³/mol. The zero-order valence-electron chi connectivity index (χ0n) is 6.83. The summed E-state index contributed by atoms with van der Waals surface area (Å²) in [5.41, 5.74) is 0.353. The highest BCUT2D eigenvalue weighted by atomic mass is 16.5. The highest BCUT2D eigenvalue weighted by Crippen LogP contribution is 1.99. The van der Waals surface area contributed by atoms with Crippen LogP contribution in [0.3, 0.4) is 0 Å². The summed E-state index contributed by atoms with van der Waals surface area (Å²) in [7, 11) is 0. The Kier molecular flexibility index (Phi) is 2.63. The third-order valence-electron chi connectivity index (χ3n) is 1.28. The van der Waals surface area contributed by atoms with Crippen molar-refractivity contribution in [3.63, 3.8) is 0 Å². The van der Waals surface area contributed by atoms with Crippen molar-refractivity contribution >= 4 is 12.0 Å². The van der Waals surface area contributed by atoms with Crippen molar-refractivity contribution in [2.75, 3.05) is 6.61 Å². The Hall–Kier alpha value is -1.58. The number of imidazole rings is 1. The van der Waals surface area contributed by atoms with E-state index in [4.69, 9.17) is 4.74 Å². The van der Waals surface area contributed by atoms with Gasteiger partial charge in [-0.3, -0.25) is 0 Å². The van der Waals surface area contributed by atoms with Gasteiger partial charge in [0.05, 0.1) is 12.8 Å². The van der Waals surface area contributed by atoms with Crippen molar-refractivity contribution < 1.29 is 9.53 Å². The molecule has 0 fully saturated rings. The SMILES string of the molecule is C=Cc1ncc(C(=O)OCC)[nH]1. The van der Waals surface area contributed by atoms with E-state index >= 15 is 0 Å². The number of hydrogen-bond donors (Lipinski definition) is 1. The minimum Gasteiger partial charge on any atom is -0.461 e. The van der Waals surface area contributed by atoms with Gasteiger partial charge in [0.15, 0.2) is 0 Å². The minimum atomic E-state index is -0.391. The van der Waals surface area contributed by atoms with Gasteiger partial charge >= 0.3 is 5.97 Å². The molecule has 1 aromatic heterocycles. The van der Waals surface area contributed by atoms with Gasteiger partial charge in [0.1, 0.15) is 11.5 Å². The monoisotopic (exact) mass is 166 g/mol. The summed E-state index contributed by atoms with van der Waals surface area (Å²) in [6.45, 7) is 5.62. The number of rotatable bonds is 3. The Morgan fingerprint density at radius 3 is 3.17 bits per heavy atom. The van der Waals surface area contributed by atoms with Crippen LogP contribution >= 0.6 is 0 Å². The molecular weight excluding hydrogens is 156 g/mol. The molecule has 1 rings (SSSR count). The third kappa shape index (κ3) is 1.72. The normalized spacial score (nSPS) is 9.42. The van der Waals surface area contributed by atoms with E-state index in [-0.39, 0.29) is 0 Å². The van der Waals surface area contributed by atoms with Gasteiger partial charge < -0.3 is 9.72 Å². The van der Waals surface area contributed by atoms with Gasteiger partial charge in [-0.1, -0.05) is 6.58 Å². The third-order valence-corrected chi connectivity index (χ3v) is 1.28. The van der Waals surface area contributed by atoms with Crippen LogP contribution in [0.2, 0.25) is 0 Å². The van der Waals surface area contributed by atoms with Crippen LogP contribution in [0.15, 0.2) is 12.8 Å². The van der Waals surface area contributed by atoms with Gasteiger partial charge in [-0.05, 0) is 13.0 Å². The number of aromatic nitrogens is 2. The second-order valence-electron chi connectivity index (χ2n) is 2.11. The lowest BCUT2D eigenvalue weighted by Crippen LogP contribution is -2.04. The molecule has 0 saturated carbocycles. The molecule has 4 nitrogen and oxygen atoms in total. The molecule has 4 heteroatoms. The maximum atomic E-state index is 11.0. The number of nitrogens with one attached hydrogen (secondary N) is 1. The van der Waals surface area contributed by atoms with E-state index in [0.717, 1.165) is 0 Å². The molecule has 0 aliphatic heterocycles. The fourth-order valence-electron chi connectivity index (χ4n) is 0.753. The second-order valence-corrected chi connectivity index (χ2v) is 2.11. The van der Waals surface area contributed by atoms with Crippen LogP contribution in [0.25, 0.3) is 6.08 Å². The number of ether oxygens (including phenoxy) is 1. The van der Waals surface area contributed by atoms with Crippen molar-refractivity contribution in [2.24, 2.45) is 0 Å². The molecule has 1 heterocycles. The van der Waals surface area contributed by atoms with Crippen LogP contribution in [0, 0.1) is 0 Å². The van der Waals surface area contributed by atoms with Crippen molar-refractivity contribution in [1.29, 1.82) is 0 Å². The quantitative estimate of drug-likeness (QED) is 0.687. The van der Waals surface area contributed by atoms with Crippen molar-refractivity contribution in [1.82, 2.24) is 9.97 Å². The van der Waals surface area contributed by atoms with E-state index in [1.165, 1.54) is 12.3 Å². The Morgan fingerprint density at radius 2 is 2.67 bits per heavy atom. The topological polar surface area (TPSA) is 55.0 Å². The van der Waals surface area contributed by atoms with E-state index in [2.05, 4.69) is 16.5 Å². The molecule has 0 amide bonds. The summed E-state index contributed by atoms with van der Waals surface area (Å²) in [6, 6.07) is 0. The molecule has 0 atom stereocenters. The molecule has 1 N–H and O–H groups in total. The molecule has 64 valence electrons. The number of H-pyrrole nitrogens is 1. The number of esters is 1. The lowest BCUT2D eigenvalue weighted by Gasteiger charge is -1.96. The molecule has 1 aromatic rings. The van der Waals surface area contributed by atoms with Gasteiger partial charge in [-0.15, -0.1) is 0 Å². The van der Waals surface area contributed by atoms with Crippen LogP contribution in [-0.2, 0) is 4.74 Å². The smallest absolute Gasteiger partial charge is 0.356 e. The summed E-state index contributed by atoms with van der Waals surface area (Å²) in [5.74, 6) is 0.177. The highest BCUT2D eigenvalue weighted by molar-refractivity contribution is 5.87. The standard InChI is InChI=1S/C8H10N2O2/c1-3-7-9-5-6(10-7)8(11)12-4-2/h3,5H,1,4H2,2H3,(H,9,10). The summed E-state index contributed by atoms with van der Waals surface area (Å²) in [6.07, 6.45) is 2.96. The molecule has 0 aliphatic carbocycles. The van der Waals surface area contributed by atoms with Crippen LogP contribution in [0.5, 0.6) is 0 Å². The van der Waals surface area contributed by atoms with Crippen LogP contribution < -0.4 is 0 Å². The molecule has 12 heavy (non-hydrogen) atoms. The van der Waals surface area contributed by atoms with Gasteiger partial charge in [0, 0.05) is 0 Å². The van der Waals surface area contributed by atoms with E-state index in [0.29, 0.717) is 18.1 Å². The van der Waals surface area contributed by atoms with E-state index < -0.39 is 5.97 Å². The molecule has 0 aliphatic rings. The van der Waals surface area contributed by atoms with Gasteiger partial charge in [-0.2, -0.15) is 0 Å². The van der Waals surface area contributed by atoms with E-state index in [1.807, 2.05) is 0 Å². The minimum absolute atomic E-state index is 0.353. The molecule has 0 unspecified atom stereocenters. The Bertz CT molecular complexity index is 291. The largest absolute Gasteiger partial charge is 0.461 e. The lowest BCUT2D eigenvalue weighted by atomic mass is 10.5. The molecule has 0 spiro atoms. The Balaban J connectivity index is 2.74. The molecule has 0 aromatic carbocycles. The van der Waals surface area contributed by atoms with Gasteiger partial charge in [-0.25, -0.2) is 9.78 Å². The zero-order valence-corrected chi connectivity index (χ0v) is 6.83. The first-order chi connectivity index (χ1) is 5.77. The van der Waals surface area contributed by atoms with Crippen molar-refractivity contribution in [3.8, 4) is 0 Å². The average Bonchev–Trinajstić information content (AvgIpc) is 2.52. The predicted octanol–water partition coefficient (Wildman–Crippen LogP) is 1.23. The molecule has 0 bridgehead atoms. The van der Waals surface area contributed by atoms with E-state index in [1.54, 1.807) is 6.92 Å². The van der Waals surface area contributed by atoms with E-state index in [9.17, 15) is 4.79 Å². The number of nitrogens with zero attached hydrogens (tertiary/aromatic N) is 1. The summed E-state index contributed by atoms with van der Waals surface area (Å²) in [4.78, 5) is 17.7. The summed E-state index contributed by atoms with van der Waals surface area (Å²) < 4.78 is 4.74. The molecular formula is C8H10N2O2. The van der Waals surface area contributed by atoms with Crippen molar-refractivity contribution in [2.45, 2.75) is 6.92 Å². The fraction of sp³-hybridized carbons (Fsp3) is 0.250. The average molecular weight is 166 g/mol. The Labute approximate surface area is 70.3 Å². The second kappa shape index (κ2) is 3.71. The number of hydrogen-bond acceptors (Lipinski definition) is 3. The maximum Gasteiger partial charge on any atom is 0.356 e. The van der Waals surface area contributed by atoms with Crippen LogP contribution in [0.4, 0.5) is 0 Å². The number of carbonyl (C=O) groups is 1. The van der Waals surface area contributed by atoms with Crippen LogP contribution in [0.1, 0.15) is 23.2 Å². The molecule has 0 radical (unpaired) electrons. The summed E-state index contributed by atoms with van der Waals surface area (Å²) >= 11 is 0. The zero-order chi connectivity index (χ0) is 8.97. The highest BCUT2D eigenvalue weighted by Gasteiger charge is 2.07. The number of carbonyl (C=O) groups excluding carboxylic acids is 1. The van der Waals surface area contributed by atoms with Gasteiger partial charge in [0.25, 0.3) is 0 Å². The lowest BCUT2D eigenvalue weighted by molar-refractivity contribution is 0.0520. The molecule has 0 saturated heterocycles.